The Kier molecular flexibility index (Phi) is 9.62. The van der Waals surface area contributed by atoms with E-state index in [0.29, 0.717) is 0 Å². The van der Waals surface area contributed by atoms with Gasteiger partial charge in [0.15, 0.2) is 0 Å². The molecule has 348 valence electrons. The molecule has 0 N–H and O–H groups in total. The minimum Gasteiger partial charge on any atom is -0.468 e. The molecule has 11 rings (SSSR count). The zero-order chi connectivity index (χ0) is 48.4. The molecular formula is C64H73BN2O. The van der Waals surface area contributed by atoms with Gasteiger partial charge in [-0.3, -0.25) is 0 Å². The fraction of sp³-hybridized carbons (Fsp3) is 0.406. The average molecular weight is 897 g/mol. The predicted octanol–water partition coefficient (Wildman–Crippen LogP) is 16.1. The molecule has 6 aromatic carbocycles. The largest absolute Gasteiger partial charge is 0.468 e. The number of anilines is 6. The summed E-state index contributed by atoms with van der Waals surface area (Å²) < 4.78 is 7.47. The minimum absolute atomic E-state index is 0.0459. The topological polar surface area (TPSA) is 19.6 Å². The Hall–Kier alpha value is -5.48. The quantitative estimate of drug-likeness (QED) is 0.165. The summed E-state index contributed by atoms with van der Waals surface area (Å²) in [6.07, 6.45) is 4.71. The number of furan rings is 1. The van der Waals surface area contributed by atoms with Crippen molar-refractivity contribution in [2.24, 2.45) is 0 Å². The molecule has 0 unspecified atom stereocenters. The van der Waals surface area contributed by atoms with Crippen LogP contribution in [0.15, 0.2) is 108 Å². The van der Waals surface area contributed by atoms with Crippen LogP contribution in [0.5, 0.6) is 0 Å². The van der Waals surface area contributed by atoms with Gasteiger partial charge in [-0.25, -0.2) is 0 Å². The number of hydrogen-bond acceptors (Lipinski definition) is 3. The number of nitrogens with zero attached hydrogens (tertiary/aromatic N) is 2. The van der Waals surface area contributed by atoms with Crippen molar-refractivity contribution >= 4 is 68.4 Å². The van der Waals surface area contributed by atoms with Crippen LogP contribution in [0.25, 0.3) is 22.1 Å². The van der Waals surface area contributed by atoms with Gasteiger partial charge in [-0.2, -0.15) is 0 Å². The molecule has 4 heteroatoms. The number of aryl methyl sites for hydroxylation is 2. The van der Waals surface area contributed by atoms with Crippen molar-refractivity contribution in [2.75, 3.05) is 9.80 Å². The predicted molar refractivity (Wildman–Crippen MR) is 293 cm³/mol. The zero-order valence-electron chi connectivity index (χ0n) is 44.0. The Balaban J connectivity index is 1.23. The third-order valence-corrected chi connectivity index (χ3v) is 17.3. The normalized spacial score (nSPS) is 18.4. The van der Waals surface area contributed by atoms with Crippen LogP contribution < -0.4 is 26.4 Å². The molecule has 0 fully saturated rings. The molecule has 4 aliphatic rings. The Morgan fingerprint density at radius 2 is 1.03 bits per heavy atom. The lowest BCUT2D eigenvalue weighted by Crippen LogP contribution is -2.61. The SMILES string of the molecule is Cc1cc2c3c(c1)N(c1ccc4c(c1)C(C)(C)CCC4(C)C)c1c(oc4ccc(-c5ccc(C(C)(C)C)cc5)cc14)B3c1cc(C(C)(C)C)ccc1N2c1cc2c(cc1C)C(C)(C)CCC2(C)C. The first-order valence-electron chi connectivity index (χ1n) is 25.6. The highest BCUT2D eigenvalue weighted by Crippen LogP contribution is 2.54. The van der Waals surface area contributed by atoms with E-state index in [2.05, 4.69) is 224 Å². The van der Waals surface area contributed by atoms with E-state index >= 15 is 0 Å². The fourth-order valence-electron chi connectivity index (χ4n) is 12.6. The van der Waals surface area contributed by atoms with Crippen LogP contribution in [-0.4, -0.2) is 6.71 Å². The Morgan fingerprint density at radius 1 is 0.485 bits per heavy atom. The highest BCUT2D eigenvalue weighted by Gasteiger charge is 2.49. The first-order valence-corrected chi connectivity index (χ1v) is 25.6. The lowest BCUT2D eigenvalue weighted by Gasteiger charge is -2.46. The molecule has 3 heterocycles. The maximum atomic E-state index is 7.47. The monoisotopic (exact) mass is 897 g/mol. The standard InChI is InChI=1S/C64H73BN2O/c1-38-31-53-56-54(32-38)67(52-37-49-47(33-39(52)2)62(11,12)29-30-64(49,15)16)51-25-22-43(60(6,7)8)35-50(51)65(56)58-57(66(53)44-23-24-46-48(36-44)63(13,14)28-27-61(46,9)10)45-34-41(19-26-55(45)68-58)40-17-20-42(21-18-40)59(3,4)5/h17-26,31-37H,27-30H2,1-16H3. The van der Waals surface area contributed by atoms with Crippen molar-refractivity contribution in [1.82, 2.24) is 0 Å². The van der Waals surface area contributed by atoms with Crippen molar-refractivity contribution in [3.63, 3.8) is 0 Å². The van der Waals surface area contributed by atoms with E-state index in [0.717, 1.165) is 28.7 Å². The number of benzene rings is 6. The van der Waals surface area contributed by atoms with Crippen LogP contribution in [0.3, 0.4) is 0 Å². The van der Waals surface area contributed by atoms with Crippen LogP contribution in [-0.2, 0) is 32.5 Å². The minimum atomic E-state index is -0.122. The Bertz CT molecular complexity index is 3230. The van der Waals surface area contributed by atoms with Gasteiger partial charge in [0.25, 0.3) is 6.71 Å². The van der Waals surface area contributed by atoms with Gasteiger partial charge in [-0.1, -0.05) is 152 Å². The van der Waals surface area contributed by atoms with Gasteiger partial charge in [-0.05, 0) is 187 Å². The van der Waals surface area contributed by atoms with Crippen molar-refractivity contribution in [1.29, 1.82) is 0 Å². The second-order valence-corrected chi connectivity index (χ2v) is 26.1. The van der Waals surface area contributed by atoms with Crippen molar-refractivity contribution in [2.45, 2.75) is 169 Å². The van der Waals surface area contributed by atoms with E-state index in [1.54, 1.807) is 0 Å². The maximum Gasteiger partial charge on any atom is 0.297 e. The van der Waals surface area contributed by atoms with E-state index in [1.165, 1.54) is 114 Å². The molecule has 7 aromatic rings. The molecule has 0 saturated heterocycles. The van der Waals surface area contributed by atoms with Gasteiger partial charge in [0.05, 0.1) is 11.3 Å². The first kappa shape index (κ1) is 45.0. The van der Waals surface area contributed by atoms with Crippen molar-refractivity contribution < 1.29 is 4.42 Å². The van der Waals surface area contributed by atoms with E-state index in [1.807, 2.05) is 0 Å². The number of hydrogen-bond donors (Lipinski definition) is 0. The van der Waals surface area contributed by atoms with Gasteiger partial charge in [0.2, 0.25) is 0 Å². The molecule has 0 radical (unpaired) electrons. The second-order valence-electron chi connectivity index (χ2n) is 26.1. The maximum absolute atomic E-state index is 7.47. The number of fused-ring (bicyclic) bond motifs is 8. The summed E-state index contributed by atoms with van der Waals surface area (Å²) >= 11 is 0. The summed E-state index contributed by atoms with van der Waals surface area (Å²) in [4.78, 5) is 5.25. The molecule has 1 aromatic heterocycles. The van der Waals surface area contributed by atoms with Gasteiger partial charge in [0, 0.05) is 33.8 Å². The molecule has 0 saturated carbocycles. The van der Waals surface area contributed by atoms with Crippen LogP contribution in [0, 0.1) is 13.8 Å². The van der Waals surface area contributed by atoms with Gasteiger partial charge in [0.1, 0.15) is 5.58 Å². The molecule has 0 spiro atoms. The zero-order valence-corrected chi connectivity index (χ0v) is 44.0. The van der Waals surface area contributed by atoms with Crippen LogP contribution in [0.1, 0.15) is 167 Å². The van der Waals surface area contributed by atoms with Crippen molar-refractivity contribution in [3.8, 4) is 11.1 Å². The summed E-state index contributed by atoms with van der Waals surface area (Å²) in [6, 6.07) is 40.9. The lowest BCUT2D eigenvalue weighted by atomic mass is 9.35. The van der Waals surface area contributed by atoms with Gasteiger partial charge >= 0.3 is 0 Å². The lowest BCUT2D eigenvalue weighted by molar-refractivity contribution is 0.332. The summed E-state index contributed by atoms with van der Waals surface area (Å²) in [5.41, 5.74) is 25.8. The van der Waals surface area contributed by atoms with E-state index in [-0.39, 0.29) is 39.2 Å². The molecule has 2 aliphatic heterocycles. The molecule has 3 nitrogen and oxygen atoms in total. The average Bonchev–Trinajstić information content (AvgIpc) is 3.64. The fourth-order valence-corrected chi connectivity index (χ4v) is 12.6. The van der Waals surface area contributed by atoms with Gasteiger partial charge < -0.3 is 14.2 Å². The summed E-state index contributed by atoms with van der Waals surface area (Å²) in [7, 11) is 0. The highest BCUT2D eigenvalue weighted by atomic mass is 16.3. The third kappa shape index (κ3) is 6.80. The molecule has 2 aliphatic carbocycles. The van der Waals surface area contributed by atoms with Crippen LogP contribution >= 0.6 is 0 Å². The smallest absolute Gasteiger partial charge is 0.297 e. The molecular weight excluding hydrogens is 824 g/mol. The molecule has 0 atom stereocenters. The van der Waals surface area contributed by atoms with Crippen LogP contribution in [0.2, 0.25) is 0 Å². The van der Waals surface area contributed by atoms with E-state index in [4.69, 9.17) is 4.42 Å². The van der Waals surface area contributed by atoms with Crippen LogP contribution in [0.4, 0.5) is 34.1 Å². The highest BCUT2D eigenvalue weighted by molar-refractivity contribution is 7.00. The van der Waals surface area contributed by atoms with Gasteiger partial charge in [-0.15, -0.1) is 0 Å². The third-order valence-electron chi connectivity index (χ3n) is 17.3. The second kappa shape index (κ2) is 14.5. The van der Waals surface area contributed by atoms with Crippen molar-refractivity contribution in [3.05, 3.63) is 148 Å². The summed E-state index contributed by atoms with van der Waals surface area (Å²) in [5, 5.41) is 1.15. The summed E-state index contributed by atoms with van der Waals surface area (Å²) in [5.74, 6) is 0. The Labute approximate surface area is 408 Å². The molecule has 0 amide bonds. The number of rotatable bonds is 3. The first-order chi connectivity index (χ1) is 31.7. The summed E-state index contributed by atoms with van der Waals surface area (Å²) in [6.45, 7) is 38.0. The van der Waals surface area contributed by atoms with E-state index in [9.17, 15) is 0 Å². The molecule has 68 heavy (non-hydrogen) atoms. The molecule has 0 bridgehead atoms. The Morgan fingerprint density at radius 3 is 1.65 bits per heavy atom. The van der Waals surface area contributed by atoms with E-state index < -0.39 is 0 Å².